The second-order valence-electron chi connectivity index (χ2n) is 5.48. The Morgan fingerprint density at radius 2 is 2.12 bits per heavy atom. The summed E-state index contributed by atoms with van der Waals surface area (Å²) in [5.74, 6) is 0.342. The molecule has 0 unspecified atom stereocenters. The summed E-state index contributed by atoms with van der Waals surface area (Å²) >= 11 is 3.02. The van der Waals surface area contributed by atoms with Gasteiger partial charge in [-0.05, 0) is 24.3 Å². The van der Waals surface area contributed by atoms with Gasteiger partial charge in [0.05, 0.1) is 17.8 Å². The van der Waals surface area contributed by atoms with Crippen LogP contribution in [0.4, 0.5) is 10.1 Å². The lowest BCUT2D eigenvalue weighted by Crippen LogP contribution is -2.15. The van der Waals surface area contributed by atoms with Gasteiger partial charge in [-0.25, -0.2) is 9.37 Å². The first-order chi connectivity index (χ1) is 12.7. The van der Waals surface area contributed by atoms with Crippen LogP contribution in [0.2, 0.25) is 0 Å². The van der Waals surface area contributed by atoms with E-state index in [1.807, 2.05) is 35.7 Å². The Kier molecular flexibility index (Phi) is 6.20. The predicted molar refractivity (Wildman–Crippen MR) is 107 cm³/mol. The minimum absolute atomic E-state index is 0.132. The van der Waals surface area contributed by atoms with Crippen molar-refractivity contribution < 1.29 is 9.18 Å². The highest BCUT2D eigenvalue weighted by atomic mass is 32.2. The molecule has 3 aromatic rings. The Balaban J connectivity index is 1.67. The van der Waals surface area contributed by atoms with Gasteiger partial charge in [-0.3, -0.25) is 4.79 Å². The normalized spacial score (nSPS) is 10.5. The monoisotopic (exact) mass is 384 g/mol. The second kappa shape index (κ2) is 8.78. The van der Waals surface area contributed by atoms with Crippen LogP contribution in [0.1, 0.15) is 5.69 Å². The van der Waals surface area contributed by atoms with Crippen molar-refractivity contribution in [3.05, 3.63) is 78.1 Å². The molecule has 3 nitrogen and oxygen atoms in total. The van der Waals surface area contributed by atoms with Crippen molar-refractivity contribution in [2.45, 2.75) is 11.3 Å². The summed E-state index contributed by atoms with van der Waals surface area (Å²) in [4.78, 5) is 17.8. The summed E-state index contributed by atoms with van der Waals surface area (Å²) in [6.45, 7) is 3.72. The number of anilines is 1. The lowest BCUT2D eigenvalue weighted by Gasteiger charge is -2.09. The van der Waals surface area contributed by atoms with E-state index in [-0.39, 0.29) is 18.1 Å². The van der Waals surface area contributed by atoms with E-state index in [4.69, 9.17) is 0 Å². The molecule has 0 radical (unpaired) electrons. The minimum atomic E-state index is -0.300. The standard InChI is InChI=1S/C20H17FN2OS2/c1-2-10-25-18-9-4-3-8-17(18)23-19(24)12-16-13-26-20(22-16)14-6-5-7-15(21)11-14/h2-9,11,13H,1,10,12H2,(H,23,24). The summed E-state index contributed by atoms with van der Waals surface area (Å²) < 4.78 is 13.3. The molecule has 0 saturated carbocycles. The molecule has 0 saturated heterocycles. The zero-order valence-electron chi connectivity index (χ0n) is 13.9. The molecule has 0 spiro atoms. The Morgan fingerprint density at radius 1 is 1.27 bits per heavy atom. The van der Waals surface area contributed by atoms with E-state index in [0.717, 1.165) is 16.3 Å². The number of halogens is 1. The Hall–Kier alpha value is -2.44. The SMILES string of the molecule is C=CCSc1ccccc1NC(=O)Cc1csc(-c2cccc(F)c2)n1. The summed E-state index contributed by atoms with van der Waals surface area (Å²) in [5, 5.41) is 5.47. The van der Waals surface area contributed by atoms with Gasteiger partial charge in [0.15, 0.2) is 0 Å². The molecule has 132 valence electrons. The smallest absolute Gasteiger partial charge is 0.230 e. The minimum Gasteiger partial charge on any atom is -0.325 e. The van der Waals surface area contributed by atoms with Gasteiger partial charge >= 0.3 is 0 Å². The molecule has 0 aliphatic heterocycles. The number of amides is 1. The number of rotatable bonds is 7. The van der Waals surface area contributed by atoms with Crippen molar-refractivity contribution in [1.29, 1.82) is 0 Å². The number of benzene rings is 2. The fourth-order valence-corrected chi connectivity index (χ4v) is 3.91. The van der Waals surface area contributed by atoms with Crippen molar-refractivity contribution >= 4 is 34.7 Å². The Morgan fingerprint density at radius 3 is 2.92 bits per heavy atom. The van der Waals surface area contributed by atoms with Crippen molar-refractivity contribution in [3.63, 3.8) is 0 Å². The van der Waals surface area contributed by atoms with E-state index in [0.29, 0.717) is 16.3 Å². The summed E-state index contributed by atoms with van der Waals surface area (Å²) in [6, 6.07) is 14.0. The Bertz CT molecular complexity index is 923. The lowest BCUT2D eigenvalue weighted by molar-refractivity contribution is -0.115. The quantitative estimate of drug-likeness (QED) is 0.437. The number of hydrogen-bond donors (Lipinski definition) is 1. The first kappa shape index (κ1) is 18.4. The molecule has 6 heteroatoms. The van der Waals surface area contributed by atoms with Crippen LogP contribution in [0.15, 0.2) is 71.5 Å². The van der Waals surface area contributed by atoms with Crippen LogP contribution in [0.3, 0.4) is 0 Å². The second-order valence-corrected chi connectivity index (χ2v) is 7.40. The van der Waals surface area contributed by atoms with Gasteiger partial charge in [-0.1, -0.05) is 30.3 Å². The van der Waals surface area contributed by atoms with Crippen LogP contribution in [0, 0.1) is 5.82 Å². The number of aromatic nitrogens is 1. The molecule has 3 rings (SSSR count). The van der Waals surface area contributed by atoms with Crippen molar-refractivity contribution in [3.8, 4) is 10.6 Å². The highest BCUT2D eigenvalue weighted by molar-refractivity contribution is 7.99. The van der Waals surface area contributed by atoms with E-state index in [1.54, 1.807) is 23.9 Å². The molecule has 0 atom stereocenters. The average molecular weight is 385 g/mol. The van der Waals surface area contributed by atoms with Crippen molar-refractivity contribution in [1.82, 2.24) is 4.98 Å². The van der Waals surface area contributed by atoms with Crippen LogP contribution >= 0.6 is 23.1 Å². The van der Waals surface area contributed by atoms with Crippen LogP contribution in [-0.4, -0.2) is 16.6 Å². The van der Waals surface area contributed by atoms with Gasteiger partial charge in [-0.15, -0.1) is 29.7 Å². The van der Waals surface area contributed by atoms with Gasteiger partial charge in [-0.2, -0.15) is 0 Å². The molecule has 0 aliphatic carbocycles. The molecule has 0 bridgehead atoms. The molecule has 0 fully saturated rings. The highest BCUT2D eigenvalue weighted by Gasteiger charge is 2.11. The summed E-state index contributed by atoms with van der Waals surface area (Å²) in [6.07, 6.45) is 2.00. The molecule has 1 heterocycles. The molecule has 1 amide bonds. The molecule has 1 N–H and O–H groups in total. The number of para-hydroxylation sites is 1. The number of nitrogens with zero attached hydrogens (tertiary/aromatic N) is 1. The molecule has 0 aliphatic rings. The number of thioether (sulfide) groups is 1. The fraction of sp³-hybridized carbons (Fsp3) is 0.100. The Labute approximate surface area is 160 Å². The summed E-state index contributed by atoms with van der Waals surface area (Å²) in [7, 11) is 0. The fourth-order valence-electron chi connectivity index (χ4n) is 2.35. The van der Waals surface area contributed by atoms with E-state index < -0.39 is 0 Å². The number of carbonyl (C=O) groups is 1. The van der Waals surface area contributed by atoms with Crippen LogP contribution < -0.4 is 5.32 Å². The maximum Gasteiger partial charge on any atom is 0.230 e. The zero-order chi connectivity index (χ0) is 18.4. The number of carbonyl (C=O) groups excluding carboxylic acids is 1. The van der Waals surface area contributed by atoms with Gasteiger partial charge in [0.1, 0.15) is 10.8 Å². The third kappa shape index (κ3) is 4.80. The summed E-state index contributed by atoms with van der Waals surface area (Å²) in [5.41, 5.74) is 2.17. The molecule has 1 aromatic heterocycles. The molecule has 26 heavy (non-hydrogen) atoms. The largest absolute Gasteiger partial charge is 0.325 e. The van der Waals surface area contributed by atoms with Gasteiger partial charge in [0, 0.05) is 21.6 Å². The van der Waals surface area contributed by atoms with E-state index >= 15 is 0 Å². The molecule has 2 aromatic carbocycles. The van der Waals surface area contributed by atoms with Gasteiger partial charge in [0.2, 0.25) is 5.91 Å². The zero-order valence-corrected chi connectivity index (χ0v) is 15.6. The number of nitrogens with one attached hydrogen (secondary N) is 1. The lowest BCUT2D eigenvalue weighted by atomic mass is 10.2. The number of thiazole rings is 1. The third-order valence-corrected chi connectivity index (χ3v) is 5.49. The van der Waals surface area contributed by atoms with E-state index in [9.17, 15) is 9.18 Å². The highest BCUT2D eigenvalue weighted by Crippen LogP contribution is 2.28. The third-order valence-electron chi connectivity index (χ3n) is 3.48. The van der Waals surface area contributed by atoms with Gasteiger partial charge in [0.25, 0.3) is 0 Å². The molecular weight excluding hydrogens is 367 g/mol. The average Bonchev–Trinajstić information content (AvgIpc) is 3.09. The van der Waals surface area contributed by atoms with Crippen LogP contribution in [0.25, 0.3) is 10.6 Å². The molecular formula is C20H17FN2OS2. The van der Waals surface area contributed by atoms with Crippen molar-refractivity contribution in [2.24, 2.45) is 0 Å². The van der Waals surface area contributed by atoms with Crippen LogP contribution in [-0.2, 0) is 11.2 Å². The number of hydrogen-bond acceptors (Lipinski definition) is 4. The van der Waals surface area contributed by atoms with Gasteiger partial charge < -0.3 is 5.32 Å². The maximum atomic E-state index is 13.3. The predicted octanol–water partition coefficient (Wildman–Crippen LogP) is 5.41. The first-order valence-corrected chi connectivity index (χ1v) is 9.85. The first-order valence-electron chi connectivity index (χ1n) is 7.98. The van der Waals surface area contributed by atoms with Crippen LogP contribution in [0.5, 0.6) is 0 Å². The van der Waals surface area contributed by atoms with Crippen molar-refractivity contribution in [2.75, 3.05) is 11.1 Å². The maximum absolute atomic E-state index is 13.3. The van der Waals surface area contributed by atoms with E-state index in [2.05, 4.69) is 16.9 Å². The topological polar surface area (TPSA) is 42.0 Å². The van der Waals surface area contributed by atoms with E-state index in [1.165, 1.54) is 23.5 Å².